The zero-order valence-electron chi connectivity index (χ0n) is 16.5. The minimum atomic E-state index is -1.04. The van der Waals surface area contributed by atoms with Crippen molar-refractivity contribution in [2.75, 3.05) is 19.7 Å². The fourth-order valence-electron chi connectivity index (χ4n) is 3.85. The maximum absolute atomic E-state index is 12.6. The SMILES string of the molecule is C=CCCCCCN(CC(=O)O)C(=O)OCC1c2ccccc2-c2ccccc21. The molecule has 0 fully saturated rings. The zero-order valence-corrected chi connectivity index (χ0v) is 16.5. The number of rotatable bonds is 10. The third-order valence-corrected chi connectivity index (χ3v) is 5.26. The Labute approximate surface area is 171 Å². The van der Waals surface area contributed by atoms with E-state index >= 15 is 0 Å². The van der Waals surface area contributed by atoms with Gasteiger partial charge in [-0.05, 0) is 41.5 Å². The van der Waals surface area contributed by atoms with Gasteiger partial charge in [0.05, 0.1) is 0 Å². The van der Waals surface area contributed by atoms with Crippen molar-refractivity contribution in [3.05, 3.63) is 72.3 Å². The third kappa shape index (κ3) is 5.05. The van der Waals surface area contributed by atoms with Gasteiger partial charge in [0.2, 0.25) is 0 Å². The molecule has 1 aliphatic rings. The largest absolute Gasteiger partial charge is 0.480 e. The molecule has 1 N–H and O–H groups in total. The highest BCUT2D eigenvalue weighted by molar-refractivity contribution is 5.79. The van der Waals surface area contributed by atoms with E-state index in [2.05, 4.69) is 30.8 Å². The van der Waals surface area contributed by atoms with Crippen LogP contribution in [0.2, 0.25) is 0 Å². The van der Waals surface area contributed by atoms with E-state index in [1.54, 1.807) is 0 Å². The van der Waals surface area contributed by atoms with Gasteiger partial charge in [0.25, 0.3) is 0 Å². The smallest absolute Gasteiger partial charge is 0.410 e. The van der Waals surface area contributed by atoms with Gasteiger partial charge in [0.15, 0.2) is 0 Å². The fraction of sp³-hybridized carbons (Fsp3) is 0.333. The zero-order chi connectivity index (χ0) is 20.6. The van der Waals surface area contributed by atoms with Crippen LogP contribution in [0, 0.1) is 0 Å². The number of carboxylic acid groups (broad SMARTS) is 1. The molecule has 0 aliphatic heterocycles. The average molecular weight is 393 g/mol. The molecule has 5 nitrogen and oxygen atoms in total. The number of amides is 1. The predicted octanol–water partition coefficient (Wildman–Crippen LogP) is 5.07. The highest BCUT2D eigenvalue weighted by atomic mass is 16.6. The molecule has 0 bridgehead atoms. The second kappa shape index (κ2) is 9.92. The Balaban J connectivity index is 1.64. The molecule has 0 saturated heterocycles. The summed E-state index contributed by atoms with van der Waals surface area (Å²) in [6, 6.07) is 16.3. The fourth-order valence-corrected chi connectivity index (χ4v) is 3.85. The van der Waals surface area contributed by atoms with Gasteiger partial charge in [-0.1, -0.05) is 61.0 Å². The van der Waals surface area contributed by atoms with E-state index in [1.165, 1.54) is 4.90 Å². The van der Waals surface area contributed by atoms with E-state index in [-0.39, 0.29) is 19.1 Å². The van der Waals surface area contributed by atoms with Crippen LogP contribution in [0.25, 0.3) is 11.1 Å². The molecular formula is C24H27NO4. The van der Waals surface area contributed by atoms with Gasteiger partial charge in [-0.15, -0.1) is 6.58 Å². The number of ether oxygens (including phenoxy) is 1. The lowest BCUT2D eigenvalue weighted by Crippen LogP contribution is -2.37. The van der Waals surface area contributed by atoms with Crippen LogP contribution in [0.1, 0.15) is 42.7 Å². The van der Waals surface area contributed by atoms with Crippen LogP contribution in [0.5, 0.6) is 0 Å². The molecule has 0 saturated carbocycles. The first kappa shape index (κ1) is 20.6. The summed E-state index contributed by atoms with van der Waals surface area (Å²) in [4.78, 5) is 25.1. The van der Waals surface area contributed by atoms with Crippen molar-refractivity contribution in [2.24, 2.45) is 0 Å². The molecule has 2 aromatic rings. The molecule has 0 aromatic heterocycles. The van der Waals surface area contributed by atoms with E-state index in [4.69, 9.17) is 9.84 Å². The number of unbranched alkanes of at least 4 members (excludes halogenated alkanes) is 3. The summed E-state index contributed by atoms with van der Waals surface area (Å²) in [5.41, 5.74) is 4.59. The Bertz CT molecular complexity index is 831. The molecule has 1 aliphatic carbocycles. The monoisotopic (exact) mass is 393 g/mol. The van der Waals surface area contributed by atoms with Crippen LogP contribution < -0.4 is 0 Å². The molecule has 0 unspecified atom stereocenters. The van der Waals surface area contributed by atoms with Crippen molar-refractivity contribution in [3.8, 4) is 11.1 Å². The second-order valence-corrected chi connectivity index (χ2v) is 7.26. The maximum atomic E-state index is 12.6. The first-order valence-electron chi connectivity index (χ1n) is 10.0. The second-order valence-electron chi connectivity index (χ2n) is 7.26. The van der Waals surface area contributed by atoms with Crippen molar-refractivity contribution in [2.45, 2.75) is 31.6 Å². The number of carboxylic acids is 1. The molecule has 2 aromatic carbocycles. The molecule has 5 heteroatoms. The topological polar surface area (TPSA) is 66.8 Å². The molecule has 0 atom stereocenters. The van der Waals surface area contributed by atoms with E-state index in [0.717, 1.165) is 47.9 Å². The molecule has 0 spiro atoms. The highest BCUT2D eigenvalue weighted by Gasteiger charge is 2.29. The van der Waals surface area contributed by atoms with Crippen molar-refractivity contribution >= 4 is 12.1 Å². The summed E-state index contributed by atoms with van der Waals surface area (Å²) in [6.07, 6.45) is 4.85. The first-order chi connectivity index (χ1) is 14.1. The van der Waals surface area contributed by atoms with Crippen LogP contribution in [0.4, 0.5) is 4.79 Å². The lowest BCUT2D eigenvalue weighted by atomic mass is 9.98. The van der Waals surface area contributed by atoms with Gasteiger partial charge in [-0.25, -0.2) is 4.79 Å². The predicted molar refractivity (Wildman–Crippen MR) is 113 cm³/mol. The number of benzene rings is 2. The van der Waals surface area contributed by atoms with Crippen molar-refractivity contribution < 1.29 is 19.4 Å². The molecule has 1 amide bonds. The molecule has 3 rings (SSSR count). The minimum Gasteiger partial charge on any atom is -0.480 e. The van der Waals surface area contributed by atoms with Crippen LogP contribution in [0.15, 0.2) is 61.2 Å². The Morgan fingerprint density at radius 1 is 1.00 bits per heavy atom. The number of hydrogen-bond acceptors (Lipinski definition) is 3. The van der Waals surface area contributed by atoms with Crippen molar-refractivity contribution in [1.29, 1.82) is 0 Å². The maximum Gasteiger partial charge on any atom is 0.410 e. The molecule has 0 radical (unpaired) electrons. The Hall–Kier alpha value is -3.08. The number of allylic oxidation sites excluding steroid dienone is 1. The van der Waals surface area contributed by atoms with Gasteiger partial charge in [-0.2, -0.15) is 0 Å². The minimum absolute atomic E-state index is 0.0365. The lowest BCUT2D eigenvalue weighted by molar-refractivity contribution is -0.138. The first-order valence-corrected chi connectivity index (χ1v) is 10.0. The lowest BCUT2D eigenvalue weighted by Gasteiger charge is -2.22. The standard InChI is InChI=1S/C24H27NO4/c1-2-3-4-5-10-15-25(16-23(26)27)24(28)29-17-22-20-13-8-6-11-18(20)19-12-7-9-14-21(19)22/h2,6-9,11-14,22H,1,3-5,10,15-17H2,(H,26,27). The number of hydrogen-bond donors (Lipinski definition) is 1. The Morgan fingerprint density at radius 2 is 1.62 bits per heavy atom. The van der Waals surface area contributed by atoms with E-state index in [0.29, 0.717) is 6.54 Å². The quantitative estimate of drug-likeness (QED) is 0.452. The number of fused-ring (bicyclic) bond motifs is 3. The normalized spacial score (nSPS) is 12.1. The molecule has 29 heavy (non-hydrogen) atoms. The number of carbonyl (C=O) groups is 2. The van der Waals surface area contributed by atoms with Crippen LogP contribution in [0.3, 0.4) is 0 Å². The van der Waals surface area contributed by atoms with Crippen LogP contribution in [-0.4, -0.2) is 41.8 Å². The number of aliphatic carboxylic acids is 1. The van der Waals surface area contributed by atoms with Crippen molar-refractivity contribution in [3.63, 3.8) is 0 Å². The van der Waals surface area contributed by atoms with E-state index in [9.17, 15) is 9.59 Å². The molecule has 152 valence electrons. The highest BCUT2D eigenvalue weighted by Crippen LogP contribution is 2.44. The average Bonchev–Trinajstić information content (AvgIpc) is 3.04. The van der Waals surface area contributed by atoms with Gasteiger partial charge in [0.1, 0.15) is 13.2 Å². The summed E-state index contributed by atoms with van der Waals surface area (Å²) in [5, 5.41) is 9.15. The summed E-state index contributed by atoms with van der Waals surface area (Å²) < 4.78 is 5.59. The molecular weight excluding hydrogens is 366 g/mol. The van der Waals surface area contributed by atoms with Crippen molar-refractivity contribution in [1.82, 2.24) is 4.90 Å². The Kier molecular flexibility index (Phi) is 7.06. The van der Waals surface area contributed by atoms with Crippen LogP contribution in [-0.2, 0) is 9.53 Å². The van der Waals surface area contributed by atoms with Gasteiger partial charge < -0.3 is 9.84 Å². The summed E-state index contributed by atoms with van der Waals surface area (Å²) >= 11 is 0. The van der Waals surface area contributed by atoms with Crippen LogP contribution >= 0.6 is 0 Å². The van der Waals surface area contributed by atoms with E-state index < -0.39 is 12.1 Å². The third-order valence-electron chi connectivity index (χ3n) is 5.26. The van der Waals surface area contributed by atoms with Gasteiger partial charge >= 0.3 is 12.1 Å². The molecule has 0 heterocycles. The van der Waals surface area contributed by atoms with Gasteiger partial charge in [-0.3, -0.25) is 9.69 Å². The number of nitrogens with zero attached hydrogens (tertiary/aromatic N) is 1. The summed E-state index contributed by atoms with van der Waals surface area (Å²) in [5.74, 6) is -1.07. The number of carbonyl (C=O) groups excluding carboxylic acids is 1. The Morgan fingerprint density at radius 3 is 2.21 bits per heavy atom. The summed E-state index contributed by atoms with van der Waals surface area (Å²) in [7, 11) is 0. The van der Waals surface area contributed by atoms with E-state index in [1.807, 2.05) is 30.3 Å². The van der Waals surface area contributed by atoms with Gasteiger partial charge in [0, 0.05) is 12.5 Å². The summed E-state index contributed by atoms with van der Waals surface area (Å²) in [6.45, 7) is 3.91.